The molecule has 0 spiro atoms. The van der Waals surface area contributed by atoms with Gasteiger partial charge in [0.05, 0.1) is 0 Å². The molecule has 4 nitrogen and oxygen atoms in total. The van der Waals surface area contributed by atoms with Crippen molar-refractivity contribution in [2.45, 2.75) is 32.1 Å². The minimum absolute atomic E-state index is 0.0745. The molecule has 1 aliphatic heterocycles. The highest BCUT2D eigenvalue weighted by Gasteiger charge is 2.09. The Morgan fingerprint density at radius 2 is 1.93 bits per heavy atom. The summed E-state index contributed by atoms with van der Waals surface area (Å²) in [5.41, 5.74) is 0. The molecule has 4 heteroatoms. The molecule has 0 atom stereocenters. The normalized spacial score (nSPS) is 16.6. The molecule has 0 aromatic rings. The third-order valence-electron chi connectivity index (χ3n) is 2.86. The van der Waals surface area contributed by atoms with Crippen LogP contribution in [0, 0.1) is 0 Å². The average molecular weight is 213 g/mol. The number of urea groups is 1. The van der Waals surface area contributed by atoms with Crippen LogP contribution in [-0.4, -0.2) is 44.2 Å². The molecular weight excluding hydrogens is 190 g/mol. The monoisotopic (exact) mass is 213 g/mol. The van der Waals surface area contributed by atoms with Crippen molar-refractivity contribution in [2.24, 2.45) is 0 Å². The summed E-state index contributed by atoms with van der Waals surface area (Å²) in [7, 11) is 1.64. The van der Waals surface area contributed by atoms with Crippen LogP contribution in [0.1, 0.15) is 32.1 Å². The Hall–Kier alpha value is -0.770. The second-order valence-electron chi connectivity index (χ2n) is 4.12. The predicted molar refractivity (Wildman–Crippen MR) is 62.0 cm³/mol. The number of carbonyl (C=O) groups is 1. The van der Waals surface area contributed by atoms with Crippen molar-refractivity contribution in [3.63, 3.8) is 0 Å². The summed E-state index contributed by atoms with van der Waals surface area (Å²) < 4.78 is 0. The molecule has 0 bridgehead atoms. The maximum Gasteiger partial charge on any atom is 0.314 e. The summed E-state index contributed by atoms with van der Waals surface area (Å²) in [5, 5.41) is 5.34. The number of hydrogen-bond donors (Lipinski definition) is 2. The number of amides is 2. The zero-order valence-electron chi connectivity index (χ0n) is 9.72. The Bertz CT molecular complexity index is 179. The van der Waals surface area contributed by atoms with Crippen LogP contribution >= 0.6 is 0 Å². The predicted octanol–water partition coefficient (Wildman–Crippen LogP) is 1.18. The number of nitrogens with zero attached hydrogens (tertiary/aromatic N) is 1. The molecular formula is C11H23N3O. The molecule has 2 amide bonds. The van der Waals surface area contributed by atoms with Crippen molar-refractivity contribution in [3.05, 3.63) is 0 Å². The topological polar surface area (TPSA) is 44.4 Å². The van der Waals surface area contributed by atoms with Crippen molar-refractivity contribution < 1.29 is 4.79 Å². The smallest absolute Gasteiger partial charge is 0.314 e. The molecule has 0 aliphatic carbocycles. The third kappa shape index (κ3) is 5.62. The number of carbonyl (C=O) groups excluding carboxylic acids is 1. The first-order valence-corrected chi connectivity index (χ1v) is 6.01. The van der Waals surface area contributed by atoms with Crippen LogP contribution in [0.25, 0.3) is 0 Å². The quantitative estimate of drug-likeness (QED) is 0.651. The fourth-order valence-corrected chi connectivity index (χ4v) is 1.93. The van der Waals surface area contributed by atoms with E-state index < -0.39 is 0 Å². The summed E-state index contributed by atoms with van der Waals surface area (Å²) in [6.07, 6.45) is 6.30. The Kier molecular flexibility index (Phi) is 6.16. The fraction of sp³-hybridized carbons (Fsp3) is 0.909. The highest BCUT2D eigenvalue weighted by molar-refractivity contribution is 5.73. The number of hydrogen-bond acceptors (Lipinski definition) is 2. The van der Waals surface area contributed by atoms with Crippen LogP contribution in [0.4, 0.5) is 4.79 Å². The number of nitrogens with one attached hydrogen (secondary N) is 2. The van der Waals surface area contributed by atoms with Gasteiger partial charge >= 0.3 is 6.03 Å². The summed E-state index contributed by atoms with van der Waals surface area (Å²) >= 11 is 0. The van der Waals surface area contributed by atoms with E-state index in [4.69, 9.17) is 0 Å². The Balaban J connectivity index is 1.82. The first kappa shape index (κ1) is 12.3. The van der Waals surface area contributed by atoms with Gasteiger partial charge in [0.1, 0.15) is 0 Å². The summed E-state index contributed by atoms with van der Waals surface area (Å²) in [5.74, 6) is 0. The largest absolute Gasteiger partial charge is 0.341 e. The van der Waals surface area contributed by atoms with Gasteiger partial charge in [-0.1, -0.05) is 6.42 Å². The van der Waals surface area contributed by atoms with Crippen LogP contribution in [0.15, 0.2) is 0 Å². The van der Waals surface area contributed by atoms with Crippen molar-refractivity contribution in [3.8, 4) is 0 Å². The molecule has 0 aromatic heterocycles. The van der Waals surface area contributed by atoms with Crippen LogP contribution in [-0.2, 0) is 0 Å². The molecule has 1 heterocycles. The molecule has 0 aromatic carbocycles. The van der Waals surface area contributed by atoms with E-state index in [2.05, 4.69) is 15.5 Å². The van der Waals surface area contributed by atoms with Gasteiger partial charge in [-0.25, -0.2) is 4.79 Å². The van der Waals surface area contributed by atoms with E-state index in [1.165, 1.54) is 45.3 Å². The minimum Gasteiger partial charge on any atom is -0.341 e. The van der Waals surface area contributed by atoms with Gasteiger partial charge in [0.2, 0.25) is 0 Å². The SMILES string of the molecule is CNC(=O)NCCCCCN1CCCC1. The molecule has 0 saturated carbocycles. The van der Waals surface area contributed by atoms with E-state index >= 15 is 0 Å². The van der Waals surface area contributed by atoms with E-state index in [1.807, 2.05) is 0 Å². The summed E-state index contributed by atoms with van der Waals surface area (Å²) in [4.78, 5) is 13.4. The summed E-state index contributed by atoms with van der Waals surface area (Å²) in [6.45, 7) is 4.60. The highest BCUT2D eigenvalue weighted by Crippen LogP contribution is 2.08. The molecule has 0 unspecified atom stereocenters. The lowest BCUT2D eigenvalue weighted by Gasteiger charge is -2.13. The van der Waals surface area contributed by atoms with E-state index in [1.54, 1.807) is 7.05 Å². The fourth-order valence-electron chi connectivity index (χ4n) is 1.93. The van der Waals surface area contributed by atoms with Crippen molar-refractivity contribution in [1.82, 2.24) is 15.5 Å². The number of likely N-dealkylation sites (tertiary alicyclic amines) is 1. The first-order chi connectivity index (χ1) is 7.33. The van der Waals surface area contributed by atoms with Gasteiger partial charge in [-0.05, 0) is 45.3 Å². The Labute approximate surface area is 92.4 Å². The first-order valence-electron chi connectivity index (χ1n) is 6.01. The lowest BCUT2D eigenvalue weighted by molar-refractivity contribution is 0.242. The Morgan fingerprint density at radius 3 is 2.60 bits per heavy atom. The standard InChI is InChI=1S/C11H23N3O/c1-12-11(15)13-7-3-2-4-8-14-9-5-6-10-14/h2-10H2,1H3,(H2,12,13,15). The van der Waals surface area contributed by atoms with E-state index in [-0.39, 0.29) is 6.03 Å². The lowest BCUT2D eigenvalue weighted by Crippen LogP contribution is -2.33. The molecule has 1 rings (SSSR count). The van der Waals surface area contributed by atoms with Gasteiger partial charge in [-0.2, -0.15) is 0 Å². The van der Waals surface area contributed by atoms with Crippen LogP contribution in [0.3, 0.4) is 0 Å². The van der Waals surface area contributed by atoms with Crippen molar-refractivity contribution >= 4 is 6.03 Å². The average Bonchev–Trinajstić information content (AvgIpc) is 2.75. The molecule has 1 aliphatic rings. The molecule has 2 N–H and O–H groups in total. The van der Waals surface area contributed by atoms with Gasteiger partial charge in [0, 0.05) is 13.6 Å². The minimum atomic E-state index is -0.0745. The molecule has 88 valence electrons. The maximum atomic E-state index is 10.8. The van der Waals surface area contributed by atoms with Gasteiger partial charge in [-0.15, -0.1) is 0 Å². The zero-order valence-corrected chi connectivity index (χ0v) is 9.72. The third-order valence-corrected chi connectivity index (χ3v) is 2.86. The summed E-state index contributed by atoms with van der Waals surface area (Å²) in [6, 6.07) is -0.0745. The van der Waals surface area contributed by atoms with Crippen molar-refractivity contribution in [2.75, 3.05) is 33.2 Å². The Morgan fingerprint density at radius 1 is 1.20 bits per heavy atom. The van der Waals surface area contributed by atoms with Gasteiger partial charge in [0.25, 0.3) is 0 Å². The zero-order chi connectivity index (χ0) is 10.9. The molecule has 1 fully saturated rings. The number of rotatable bonds is 6. The van der Waals surface area contributed by atoms with Crippen LogP contribution in [0.2, 0.25) is 0 Å². The van der Waals surface area contributed by atoms with Gasteiger partial charge < -0.3 is 15.5 Å². The lowest BCUT2D eigenvalue weighted by atomic mass is 10.2. The number of unbranched alkanes of at least 4 members (excludes halogenated alkanes) is 2. The second kappa shape index (κ2) is 7.51. The van der Waals surface area contributed by atoms with E-state index in [0.29, 0.717) is 0 Å². The maximum absolute atomic E-state index is 10.8. The molecule has 15 heavy (non-hydrogen) atoms. The van der Waals surface area contributed by atoms with Gasteiger partial charge in [0.15, 0.2) is 0 Å². The van der Waals surface area contributed by atoms with Crippen LogP contribution in [0.5, 0.6) is 0 Å². The molecule has 0 radical (unpaired) electrons. The van der Waals surface area contributed by atoms with E-state index in [0.717, 1.165) is 13.0 Å². The molecule has 1 saturated heterocycles. The van der Waals surface area contributed by atoms with Gasteiger partial charge in [-0.3, -0.25) is 0 Å². The highest BCUT2D eigenvalue weighted by atomic mass is 16.2. The van der Waals surface area contributed by atoms with Crippen molar-refractivity contribution in [1.29, 1.82) is 0 Å². The van der Waals surface area contributed by atoms with E-state index in [9.17, 15) is 4.79 Å². The second-order valence-corrected chi connectivity index (χ2v) is 4.12. The van der Waals surface area contributed by atoms with Crippen LogP contribution < -0.4 is 10.6 Å².